The summed E-state index contributed by atoms with van der Waals surface area (Å²) >= 11 is 0. The van der Waals surface area contributed by atoms with Crippen molar-refractivity contribution in [3.05, 3.63) is 29.6 Å². The topological polar surface area (TPSA) is 29.5 Å². The monoisotopic (exact) mass is 198 g/mol. The Kier molecular flexibility index (Phi) is 3.11. The molecule has 0 aliphatic carbocycles. The van der Waals surface area contributed by atoms with Gasteiger partial charge in [0.2, 0.25) is 0 Å². The summed E-state index contributed by atoms with van der Waals surface area (Å²) in [6.07, 6.45) is 0. The Labute approximate surface area is 83.3 Å². The number of aliphatic hydroxyl groups excluding tert-OH is 1. The van der Waals surface area contributed by atoms with Crippen LogP contribution < -0.4 is 4.74 Å². The van der Waals surface area contributed by atoms with E-state index in [-0.39, 0.29) is 17.9 Å². The number of aliphatic hydroxyl groups is 1. The SMILES string of the molecule is CC(C)(C)Oc1cccc(CO)c1F. The van der Waals surface area contributed by atoms with E-state index in [1.807, 2.05) is 20.8 Å². The van der Waals surface area contributed by atoms with Gasteiger partial charge >= 0.3 is 0 Å². The van der Waals surface area contributed by atoms with Gasteiger partial charge in [-0.1, -0.05) is 12.1 Å². The second kappa shape index (κ2) is 3.96. The molecule has 0 atom stereocenters. The zero-order valence-electron chi connectivity index (χ0n) is 8.67. The molecule has 78 valence electrons. The number of halogens is 1. The van der Waals surface area contributed by atoms with Gasteiger partial charge < -0.3 is 9.84 Å². The fourth-order valence-corrected chi connectivity index (χ4v) is 1.09. The van der Waals surface area contributed by atoms with E-state index >= 15 is 0 Å². The molecule has 2 nitrogen and oxygen atoms in total. The first-order valence-electron chi connectivity index (χ1n) is 4.51. The Morgan fingerprint density at radius 3 is 2.50 bits per heavy atom. The van der Waals surface area contributed by atoms with E-state index < -0.39 is 11.4 Å². The quantitative estimate of drug-likeness (QED) is 0.791. The van der Waals surface area contributed by atoms with Crippen LogP contribution in [0.15, 0.2) is 18.2 Å². The highest BCUT2D eigenvalue weighted by atomic mass is 19.1. The first-order chi connectivity index (χ1) is 6.44. The summed E-state index contributed by atoms with van der Waals surface area (Å²) in [4.78, 5) is 0. The summed E-state index contributed by atoms with van der Waals surface area (Å²) < 4.78 is 18.9. The Morgan fingerprint density at radius 2 is 2.00 bits per heavy atom. The van der Waals surface area contributed by atoms with E-state index in [2.05, 4.69) is 0 Å². The lowest BCUT2D eigenvalue weighted by atomic mass is 10.1. The fourth-order valence-electron chi connectivity index (χ4n) is 1.09. The van der Waals surface area contributed by atoms with Crippen molar-refractivity contribution in [1.29, 1.82) is 0 Å². The van der Waals surface area contributed by atoms with Gasteiger partial charge in [-0.2, -0.15) is 0 Å². The third-order valence-electron chi connectivity index (χ3n) is 1.63. The van der Waals surface area contributed by atoms with Gasteiger partial charge in [0.1, 0.15) is 5.60 Å². The number of ether oxygens (including phenoxy) is 1. The van der Waals surface area contributed by atoms with Crippen LogP contribution in [0.5, 0.6) is 5.75 Å². The second-order valence-corrected chi connectivity index (χ2v) is 4.10. The lowest BCUT2D eigenvalue weighted by Gasteiger charge is -2.22. The van der Waals surface area contributed by atoms with Crippen molar-refractivity contribution in [2.45, 2.75) is 33.0 Å². The van der Waals surface area contributed by atoms with Crippen molar-refractivity contribution in [3.63, 3.8) is 0 Å². The summed E-state index contributed by atoms with van der Waals surface area (Å²) in [6, 6.07) is 4.75. The first-order valence-corrected chi connectivity index (χ1v) is 4.51. The lowest BCUT2D eigenvalue weighted by Crippen LogP contribution is -2.23. The predicted octanol–water partition coefficient (Wildman–Crippen LogP) is 2.50. The van der Waals surface area contributed by atoms with Crippen LogP contribution in [0, 0.1) is 5.82 Å². The zero-order valence-corrected chi connectivity index (χ0v) is 8.67. The summed E-state index contributed by atoms with van der Waals surface area (Å²) in [7, 11) is 0. The van der Waals surface area contributed by atoms with Crippen LogP contribution >= 0.6 is 0 Å². The molecule has 1 N–H and O–H groups in total. The molecule has 0 unspecified atom stereocenters. The minimum Gasteiger partial charge on any atom is -0.485 e. The van der Waals surface area contributed by atoms with Crippen molar-refractivity contribution < 1.29 is 14.2 Å². The van der Waals surface area contributed by atoms with Crippen molar-refractivity contribution in [3.8, 4) is 5.75 Å². The van der Waals surface area contributed by atoms with Gasteiger partial charge in [0.05, 0.1) is 6.61 Å². The van der Waals surface area contributed by atoms with Gasteiger partial charge in [-0.25, -0.2) is 4.39 Å². The van der Waals surface area contributed by atoms with Gasteiger partial charge in [-0.05, 0) is 26.8 Å². The molecule has 0 saturated heterocycles. The summed E-state index contributed by atoms with van der Waals surface area (Å²) in [5.41, 5.74) is -0.179. The van der Waals surface area contributed by atoms with Gasteiger partial charge in [0.25, 0.3) is 0 Å². The maximum atomic E-state index is 13.5. The van der Waals surface area contributed by atoms with Crippen LogP contribution in [0.25, 0.3) is 0 Å². The predicted molar refractivity (Wildman–Crippen MR) is 52.7 cm³/mol. The minimum absolute atomic E-state index is 0.184. The average molecular weight is 198 g/mol. The molecule has 3 heteroatoms. The van der Waals surface area contributed by atoms with Crippen molar-refractivity contribution in [2.75, 3.05) is 0 Å². The average Bonchev–Trinajstić information content (AvgIpc) is 2.06. The molecule has 0 aromatic heterocycles. The third kappa shape index (κ3) is 2.70. The third-order valence-corrected chi connectivity index (χ3v) is 1.63. The lowest BCUT2D eigenvalue weighted by molar-refractivity contribution is 0.123. The van der Waals surface area contributed by atoms with Crippen LogP contribution in [0.2, 0.25) is 0 Å². The van der Waals surface area contributed by atoms with Gasteiger partial charge in [-0.15, -0.1) is 0 Å². The standard InChI is InChI=1S/C11H15FO2/c1-11(2,3)14-9-6-4-5-8(7-13)10(9)12/h4-6,13H,7H2,1-3H3. The van der Waals surface area contributed by atoms with Crippen LogP contribution in [-0.4, -0.2) is 10.7 Å². The van der Waals surface area contributed by atoms with Crippen molar-refractivity contribution in [1.82, 2.24) is 0 Å². The highest BCUT2D eigenvalue weighted by Gasteiger charge is 2.16. The second-order valence-electron chi connectivity index (χ2n) is 4.10. The van der Waals surface area contributed by atoms with E-state index in [9.17, 15) is 4.39 Å². The van der Waals surface area contributed by atoms with Crippen LogP contribution in [0.4, 0.5) is 4.39 Å². The molecule has 0 saturated carbocycles. The van der Waals surface area contributed by atoms with Crippen molar-refractivity contribution in [2.24, 2.45) is 0 Å². The van der Waals surface area contributed by atoms with Crippen LogP contribution in [0.3, 0.4) is 0 Å². The molecule has 0 amide bonds. The maximum absolute atomic E-state index is 13.5. The summed E-state index contributed by atoms with van der Waals surface area (Å²) in [5, 5.41) is 8.85. The Balaban J connectivity index is 2.98. The van der Waals surface area contributed by atoms with Gasteiger partial charge in [0, 0.05) is 5.56 Å². The normalized spacial score (nSPS) is 11.5. The number of hydrogen-bond acceptors (Lipinski definition) is 2. The van der Waals surface area contributed by atoms with Crippen LogP contribution in [0.1, 0.15) is 26.3 Å². The largest absolute Gasteiger partial charge is 0.485 e. The molecule has 0 fully saturated rings. The van der Waals surface area contributed by atoms with E-state index in [4.69, 9.17) is 9.84 Å². The molecule has 0 aliphatic rings. The molecular formula is C11H15FO2. The molecule has 1 aromatic carbocycles. The highest BCUT2D eigenvalue weighted by molar-refractivity contribution is 5.31. The van der Waals surface area contributed by atoms with Crippen molar-refractivity contribution >= 4 is 0 Å². The van der Waals surface area contributed by atoms with E-state index in [1.54, 1.807) is 12.1 Å². The molecule has 0 spiro atoms. The number of hydrogen-bond donors (Lipinski definition) is 1. The summed E-state index contributed by atoms with van der Waals surface area (Å²) in [6.45, 7) is 5.22. The van der Waals surface area contributed by atoms with Gasteiger partial charge in [0.15, 0.2) is 11.6 Å². The molecule has 0 bridgehead atoms. The van der Waals surface area contributed by atoms with Crippen LogP contribution in [-0.2, 0) is 6.61 Å². The molecule has 0 aliphatic heterocycles. The molecule has 1 rings (SSSR count). The Hall–Kier alpha value is -1.09. The fraction of sp³-hybridized carbons (Fsp3) is 0.455. The van der Waals surface area contributed by atoms with E-state index in [0.717, 1.165) is 0 Å². The Morgan fingerprint density at radius 1 is 1.36 bits per heavy atom. The maximum Gasteiger partial charge on any atom is 0.170 e. The highest BCUT2D eigenvalue weighted by Crippen LogP contribution is 2.24. The van der Waals surface area contributed by atoms with E-state index in [1.165, 1.54) is 6.07 Å². The zero-order chi connectivity index (χ0) is 10.8. The van der Waals surface area contributed by atoms with Gasteiger partial charge in [-0.3, -0.25) is 0 Å². The summed E-state index contributed by atoms with van der Waals surface area (Å²) in [5.74, 6) is -0.297. The smallest absolute Gasteiger partial charge is 0.170 e. The molecule has 0 radical (unpaired) electrons. The molecular weight excluding hydrogens is 183 g/mol. The number of benzene rings is 1. The first kappa shape index (κ1) is 11.0. The molecule has 0 heterocycles. The Bertz CT molecular complexity index is 316. The minimum atomic E-state index is -0.482. The molecule has 14 heavy (non-hydrogen) atoms. The molecule has 1 aromatic rings. The number of rotatable bonds is 2. The van der Waals surface area contributed by atoms with E-state index in [0.29, 0.717) is 0 Å².